The molecular formula is C15H29N3O3. The number of nitrogens with one attached hydrogen (secondary N) is 1. The van der Waals surface area contributed by atoms with E-state index in [4.69, 9.17) is 9.84 Å². The monoisotopic (exact) mass is 299 g/mol. The Bertz CT molecular complexity index is 327. The molecule has 6 nitrogen and oxygen atoms in total. The summed E-state index contributed by atoms with van der Waals surface area (Å²) in [6.45, 7) is 6.58. The van der Waals surface area contributed by atoms with Crippen LogP contribution in [0.15, 0.2) is 0 Å². The summed E-state index contributed by atoms with van der Waals surface area (Å²) >= 11 is 0. The minimum Gasteiger partial charge on any atom is -0.395 e. The van der Waals surface area contributed by atoms with Crippen LogP contribution in [0.4, 0.5) is 0 Å². The van der Waals surface area contributed by atoms with Crippen LogP contribution < -0.4 is 5.32 Å². The fourth-order valence-corrected chi connectivity index (χ4v) is 3.48. The molecule has 6 heteroatoms. The molecule has 0 bridgehead atoms. The molecule has 2 rings (SSSR count). The van der Waals surface area contributed by atoms with Crippen LogP contribution >= 0.6 is 0 Å². The van der Waals surface area contributed by atoms with Gasteiger partial charge < -0.3 is 20.1 Å². The van der Waals surface area contributed by atoms with E-state index < -0.39 is 0 Å². The molecule has 122 valence electrons. The summed E-state index contributed by atoms with van der Waals surface area (Å²) in [5.41, 5.74) is -0.341. The van der Waals surface area contributed by atoms with Crippen molar-refractivity contribution < 1.29 is 14.6 Å². The van der Waals surface area contributed by atoms with Gasteiger partial charge in [-0.1, -0.05) is 0 Å². The molecule has 0 radical (unpaired) electrons. The first-order chi connectivity index (χ1) is 10.2. The lowest BCUT2D eigenvalue weighted by Gasteiger charge is -2.39. The second-order valence-corrected chi connectivity index (χ2v) is 6.17. The van der Waals surface area contributed by atoms with E-state index >= 15 is 0 Å². The summed E-state index contributed by atoms with van der Waals surface area (Å²) in [6, 6.07) is 0. The number of hydrogen-bond acceptors (Lipinski definition) is 5. The number of methoxy groups -OCH3 is 1. The van der Waals surface area contributed by atoms with Crippen LogP contribution in [0, 0.1) is 5.41 Å². The molecule has 2 N–H and O–H groups in total. The molecule has 0 saturated carbocycles. The van der Waals surface area contributed by atoms with Gasteiger partial charge in [-0.05, 0) is 38.9 Å². The largest absolute Gasteiger partial charge is 0.395 e. The van der Waals surface area contributed by atoms with E-state index in [0.717, 1.165) is 58.5 Å². The van der Waals surface area contributed by atoms with E-state index in [2.05, 4.69) is 10.2 Å². The molecule has 21 heavy (non-hydrogen) atoms. The minimum absolute atomic E-state index is 0.188. The van der Waals surface area contributed by atoms with Crippen molar-refractivity contribution >= 4 is 5.91 Å². The van der Waals surface area contributed by atoms with Crippen LogP contribution in [0.2, 0.25) is 0 Å². The average molecular weight is 299 g/mol. The maximum atomic E-state index is 13.0. The Kier molecular flexibility index (Phi) is 6.41. The normalized spacial score (nSPS) is 23.8. The maximum Gasteiger partial charge on any atom is 0.231 e. The zero-order valence-corrected chi connectivity index (χ0v) is 13.1. The van der Waals surface area contributed by atoms with E-state index in [1.807, 2.05) is 4.90 Å². The highest BCUT2D eigenvalue weighted by Gasteiger charge is 2.42. The molecule has 0 atom stereocenters. The van der Waals surface area contributed by atoms with Crippen molar-refractivity contribution in [3.05, 3.63) is 0 Å². The van der Waals surface area contributed by atoms with E-state index in [-0.39, 0.29) is 17.9 Å². The van der Waals surface area contributed by atoms with Gasteiger partial charge in [0.05, 0.1) is 18.6 Å². The quantitative estimate of drug-likeness (QED) is 0.718. The number of hydrogen-bond donors (Lipinski definition) is 2. The third-order valence-electron chi connectivity index (χ3n) is 4.73. The lowest BCUT2D eigenvalue weighted by molar-refractivity contribution is -0.147. The Morgan fingerprint density at radius 1 is 1.24 bits per heavy atom. The number of rotatable bonds is 5. The molecule has 0 aliphatic carbocycles. The van der Waals surface area contributed by atoms with Crippen LogP contribution in [0.3, 0.4) is 0 Å². The second kappa shape index (κ2) is 8.08. The number of aliphatic hydroxyl groups excluding tert-OH is 1. The third kappa shape index (κ3) is 4.16. The first-order valence-corrected chi connectivity index (χ1v) is 8.04. The van der Waals surface area contributed by atoms with Crippen molar-refractivity contribution in [2.45, 2.75) is 19.3 Å². The Balaban J connectivity index is 1.99. The van der Waals surface area contributed by atoms with Crippen molar-refractivity contribution in [3.63, 3.8) is 0 Å². The molecule has 0 unspecified atom stereocenters. The van der Waals surface area contributed by atoms with Crippen LogP contribution in [0.25, 0.3) is 0 Å². The van der Waals surface area contributed by atoms with E-state index in [0.29, 0.717) is 13.2 Å². The molecule has 0 aromatic rings. The Morgan fingerprint density at radius 3 is 2.67 bits per heavy atom. The molecular weight excluding hydrogens is 270 g/mol. The van der Waals surface area contributed by atoms with Crippen molar-refractivity contribution in [2.75, 3.05) is 66.1 Å². The molecule has 0 spiro atoms. The van der Waals surface area contributed by atoms with E-state index in [9.17, 15) is 4.79 Å². The average Bonchev–Trinajstić information content (AvgIpc) is 2.74. The molecule has 1 amide bonds. The zero-order chi connectivity index (χ0) is 15.1. The van der Waals surface area contributed by atoms with Crippen LogP contribution in [0.5, 0.6) is 0 Å². The lowest BCUT2D eigenvalue weighted by Crippen LogP contribution is -2.52. The summed E-state index contributed by atoms with van der Waals surface area (Å²) in [5, 5.41) is 12.4. The highest BCUT2D eigenvalue weighted by Crippen LogP contribution is 2.32. The molecule has 2 heterocycles. The van der Waals surface area contributed by atoms with Crippen molar-refractivity contribution in [3.8, 4) is 0 Å². The summed E-state index contributed by atoms with van der Waals surface area (Å²) in [4.78, 5) is 17.3. The highest BCUT2D eigenvalue weighted by molar-refractivity contribution is 5.83. The first kappa shape index (κ1) is 16.7. The van der Waals surface area contributed by atoms with Gasteiger partial charge in [-0.25, -0.2) is 0 Å². The smallest absolute Gasteiger partial charge is 0.231 e. The fraction of sp³-hybridized carbons (Fsp3) is 0.933. The third-order valence-corrected chi connectivity index (χ3v) is 4.73. The van der Waals surface area contributed by atoms with E-state index in [1.165, 1.54) is 0 Å². The minimum atomic E-state index is -0.341. The van der Waals surface area contributed by atoms with Gasteiger partial charge in [0.15, 0.2) is 0 Å². The Labute approximate surface area is 127 Å². The summed E-state index contributed by atoms with van der Waals surface area (Å²) < 4.78 is 5.37. The SMILES string of the molecule is COCC1(C(=O)N2CCCN(CCO)CC2)CCNCC1. The van der Waals surface area contributed by atoms with Gasteiger partial charge in [0.1, 0.15) is 0 Å². The van der Waals surface area contributed by atoms with Crippen LogP contribution in [-0.2, 0) is 9.53 Å². The van der Waals surface area contributed by atoms with E-state index in [1.54, 1.807) is 7.11 Å². The number of piperidine rings is 1. The first-order valence-electron chi connectivity index (χ1n) is 8.04. The van der Waals surface area contributed by atoms with Crippen molar-refractivity contribution in [1.82, 2.24) is 15.1 Å². The standard InChI is InChI=1S/C15H29N3O3/c1-21-13-15(3-5-16-6-4-15)14(20)18-8-2-7-17(9-10-18)11-12-19/h16,19H,2-13H2,1H3. The molecule has 2 saturated heterocycles. The van der Waals surface area contributed by atoms with Gasteiger partial charge in [0.25, 0.3) is 0 Å². The van der Waals surface area contributed by atoms with Gasteiger partial charge in [0, 0.05) is 33.3 Å². The van der Waals surface area contributed by atoms with Crippen molar-refractivity contribution in [2.24, 2.45) is 5.41 Å². The molecule has 2 aliphatic heterocycles. The molecule has 2 aliphatic rings. The van der Waals surface area contributed by atoms with Gasteiger partial charge in [-0.15, -0.1) is 0 Å². The summed E-state index contributed by atoms with van der Waals surface area (Å²) in [6.07, 6.45) is 2.69. The Morgan fingerprint density at radius 2 is 2.00 bits per heavy atom. The van der Waals surface area contributed by atoms with Gasteiger partial charge in [-0.2, -0.15) is 0 Å². The number of carbonyl (C=O) groups excluding carboxylic acids is 1. The Hall–Kier alpha value is -0.690. The molecule has 2 fully saturated rings. The van der Waals surface area contributed by atoms with Gasteiger partial charge in [0.2, 0.25) is 5.91 Å². The fourth-order valence-electron chi connectivity index (χ4n) is 3.48. The number of nitrogens with zero attached hydrogens (tertiary/aromatic N) is 2. The second-order valence-electron chi connectivity index (χ2n) is 6.17. The number of amides is 1. The predicted octanol–water partition coefficient (Wildman–Crippen LogP) is -0.471. The maximum absolute atomic E-state index is 13.0. The summed E-state index contributed by atoms with van der Waals surface area (Å²) in [5.74, 6) is 0.261. The van der Waals surface area contributed by atoms with Gasteiger partial charge in [-0.3, -0.25) is 9.69 Å². The molecule has 0 aromatic carbocycles. The zero-order valence-electron chi connectivity index (χ0n) is 13.1. The predicted molar refractivity (Wildman–Crippen MR) is 81.1 cm³/mol. The number of ether oxygens (including phenoxy) is 1. The number of β-amino-alcohol motifs (C(OH)–C–C–N with tert-alkyl or cyclic N) is 1. The topological polar surface area (TPSA) is 65.0 Å². The van der Waals surface area contributed by atoms with Crippen molar-refractivity contribution in [1.29, 1.82) is 0 Å². The van der Waals surface area contributed by atoms with Gasteiger partial charge >= 0.3 is 0 Å². The molecule has 0 aromatic heterocycles. The van der Waals surface area contributed by atoms with Crippen LogP contribution in [0.1, 0.15) is 19.3 Å². The number of carbonyl (C=O) groups is 1. The van der Waals surface area contributed by atoms with Crippen LogP contribution in [-0.4, -0.2) is 87.0 Å². The number of aliphatic hydroxyl groups is 1. The highest BCUT2D eigenvalue weighted by atomic mass is 16.5. The summed E-state index contributed by atoms with van der Waals surface area (Å²) in [7, 11) is 1.68. The lowest BCUT2D eigenvalue weighted by atomic mass is 9.78.